The highest BCUT2D eigenvalue weighted by Gasteiger charge is 2.05. The third-order valence-electron chi connectivity index (χ3n) is 2.17. The van der Waals surface area contributed by atoms with E-state index in [1.807, 2.05) is 12.3 Å². The fourth-order valence-electron chi connectivity index (χ4n) is 1.39. The second-order valence-electron chi connectivity index (χ2n) is 3.27. The van der Waals surface area contributed by atoms with Crippen LogP contribution in [-0.4, -0.2) is 15.0 Å². The molecule has 0 bridgehead atoms. The fourth-order valence-corrected chi connectivity index (χ4v) is 1.64. The van der Waals surface area contributed by atoms with E-state index < -0.39 is 0 Å². The van der Waals surface area contributed by atoms with Gasteiger partial charge in [0.05, 0.1) is 5.39 Å². The number of fused-ring (bicyclic) bond motifs is 1. The molecule has 3 nitrogen and oxygen atoms in total. The smallest absolute Gasteiger partial charge is 0.142 e. The first-order valence-electron chi connectivity index (χ1n) is 4.80. The van der Waals surface area contributed by atoms with E-state index in [1.54, 1.807) is 0 Å². The molecule has 0 amide bonds. The summed E-state index contributed by atoms with van der Waals surface area (Å²) in [7, 11) is 0. The normalized spacial score (nSPS) is 11.0. The van der Waals surface area contributed by atoms with Crippen molar-refractivity contribution >= 4 is 22.6 Å². The molecule has 0 atom stereocenters. The van der Waals surface area contributed by atoms with Gasteiger partial charge in [0.25, 0.3) is 0 Å². The van der Waals surface area contributed by atoms with Gasteiger partial charge in [-0.2, -0.15) is 0 Å². The van der Waals surface area contributed by atoms with Crippen LogP contribution in [-0.2, 0) is 6.42 Å². The second kappa shape index (κ2) is 3.96. The van der Waals surface area contributed by atoms with Crippen LogP contribution >= 0.6 is 11.6 Å². The number of halogens is 1. The first kappa shape index (κ1) is 9.46. The molecule has 0 aromatic carbocycles. The summed E-state index contributed by atoms with van der Waals surface area (Å²) in [6.07, 6.45) is 4.96. The van der Waals surface area contributed by atoms with Crippen molar-refractivity contribution in [3.63, 3.8) is 0 Å². The number of aromatic nitrogens is 3. The molecule has 74 valence electrons. The molecule has 0 saturated heterocycles. The van der Waals surface area contributed by atoms with Crippen LogP contribution in [0.3, 0.4) is 0 Å². The van der Waals surface area contributed by atoms with Crippen LogP contribution in [0.15, 0.2) is 12.3 Å². The molecule has 2 aromatic rings. The Kier molecular flexibility index (Phi) is 2.68. The summed E-state index contributed by atoms with van der Waals surface area (Å²) >= 11 is 6.01. The van der Waals surface area contributed by atoms with Crippen LogP contribution in [0.25, 0.3) is 11.0 Å². The molecule has 2 rings (SSSR count). The van der Waals surface area contributed by atoms with Gasteiger partial charge in [-0.05, 0) is 12.5 Å². The molecule has 0 unspecified atom stereocenters. The topological polar surface area (TPSA) is 41.6 Å². The van der Waals surface area contributed by atoms with Crippen molar-refractivity contribution in [3.8, 4) is 0 Å². The van der Waals surface area contributed by atoms with Crippen LogP contribution in [0.5, 0.6) is 0 Å². The van der Waals surface area contributed by atoms with Crippen molar-refractivity contribution in [1.29, 1.82) is 0 Å². The van der Waals surface area contributed by atoms with E-state index in [0.29, 0.717) is 5.15 Å². The molecular weight excluding hydrogens is 198 g/mol. The minimum Gasteiger partial charge on any atom is -0.346 e. The molecule has 4 heteroatoms. The van der Waals surface area contributed by atoms with E-state index in [0.717, 1.165) is 36.1 Å². The first-order chi connectivity index (χ1) is 6.81. The van der Waals surface area contributed by atoms with Gasteiger partial charge in [-0.15, -0.1) is 0 Å². The lowest BCUT2D eigenvalue weighted by Crippen LogP contribution is -1.95. The molecule has 0 aliphatic heterocycles. The van der Waals surface area contributed by atoms with E-state index >= 15 is 0 Å². The van der Waals surface area contributed by atoms with Crippen LogP contribution in [0.4, 0.5) is 0 Å². The number of hydrogen-bond acceptors (Lipinski definition) is 2. The highest BCUT2D eigenvalue weighted by Crippen LogP contribution is 2.19. The van der Waals surface area contributed by atoms with E-state index in [1.165, 1.54) is 0 Å². The average molecular weight is 210 g/mol. The van der Waals surface area contributed by atoms with Gasteiger partial charge in [0, 0.05) is 12.6 Å². The highest BCUT2D eigenvalue weighted by atomic mass is 35.5. The Labute approximate surface area is 87.5 Å². The van der Waals surface area contributed by atoms with Crippen molar-refractivity contribution in [2.45, 2.75) is 26.2 Å². The summed E-state index contributed by atoms with van der Waals surface area (Å²) in [5.74, 6) is 0.826. The third-order valence-corrected chi connectivity index (χ3v) is 2.46. The van der Waals surface area contributed by atoms with Gasteiger partial charge >= 0.3 is 0 Å². The second-order valence-corrected chi connectivity index (χ2v) is 3.63. The minimum absolute atomic E-state index is 0.544. The van der Waals surface area contributed by atoms with Gasteiger partial charge in [0.2, 0.25) is 0 Å². The number of nitrogens with zero attached hydrogens (tertiary/aromatic N) is 2. The number of rotatable bonds is 3. The van der Waals surface area contributed by atoms with E-state index in [-0.39, 0.29) is 0 Å². The molecule has 0 saturated carbocycles. The van der Waals surface area contributed by atoms with Crippen LogP contribution in [0.1, 0.15) is 25.6 Å². The Morgan fingerprint density at radius 1 is 1.43 bits per heavy atom. The van der Waals surface area contributed by atoms with E-state index in [4.69, 9.17) is 11.6 Å². The molecule has 0 spiro atoms. The van der Waals surface area contributed by atoms with Gasteiger partial charge < -0.3 is 4.98 Å². The lowest BCUT2D eigenvalue weighted by atomic mass is 10.2. The van der Waals surface area contributed by atoms with Crippen molar-refractivity contribution in [1.82, 2.24) is 15.0 Å². The number of hydrogen-bond donors (Lipinski definition) is 1. The quantitative estimate of drug-likeness (QED) is 0.790. The molecule has 2 aromatic heterocycles. The zero-order valence-corrected chi connectivity index (χ0v) is 8.80. The Hall–Kier alpha value is -1.09. The van der Waals surface area contributed by atoms with Gasteiger partial charge in [-0.25, -0.2) is 9.97 Å². The van der Waals surface area contributed by atoms with E-state index in [9.17, 15) is 0 Å². The van der Waals surface area contributed by atoms with Crippen molar-refractivity contribution in [3.05, 3.63) is 23.2 Å². The number of nitrogens with one attached hydrogen (secondary N) is 1. The van der Waals surface area contributed by atoms with Crippen molar-refractivity contribution in [2.75, 3.05) is 0 Å². The molecule has 0 fully saturated rings. The third kappa shape index (κ3) is 1.73. The predicted molar refractivity (Wildman–Crippen MR) is 57.5 cm³/mol. The summed E-state index contributed by atoms with van der Waals surface area (Å²) in [4.78, 5) is 11.7. The van der Waals surface area contributed by atoms with Gasteiger partial charge in [0.15, 0.2) is 0 Å². The Morgan fingerprint density at radius 2 is 2.29 bits per heavy atom. The van der Waals surface area contributed by atoms with Crippen LogP contribution in [0.2, 0.25) is 5.15 Å². The summed E-state index contributed by atoms with van der Waals surface area (Å²) in [6, 6.07) is 1.89. The number of aromatic amines is 1. The van der Waals surface area contributed by atoms with Crippen LogP contribution in [0, 0.1) is 0 Å². The Bertz CT molecular complexity index is 436. The zero-order valence-electron chi connectivity index (χ0n) is 8.05. The largest absolute Gasteiger partial charge is 0.346 e. The number of unbranched alkanes of at least 4 members (excludes halogenated alkanes) is 1. The predicted octanol–water partition coefficient (Wildman–Crippen LogP) is 2.95. The van der Waals surface area contributed by atoms with Crippen molar-refractivity contribution < 1.29 is 0 Å². The first-order valence-corrected chi connectivity index (χ1v) is 5.18. The standard InChI is InChI=1S/C10H12ClN3/c1-2-3-4-8-13-9(11)7-5-6-12-10(7)14-8/h5-6H,2-4H2,1H3,(H,12,13,14). The minimum atomic E-state index is 0.544. The maximum atomic E-state index is 6.01. The number of H-pyrrole nitrogens is 1. The zero-order chi connectivity index (χ0) is 9.97. The summed E-state index contributed by atoms with van der Waals surface area (Å²) in [6.45, 7) is 2.15. The fraction of sp³-hybridized carbons (Fsp3) is 0.400. The van der Waals surface area contributed by atoms with E-state index in [2.05, 4.69) is 21.9 Å². The summed E-state index contributed by atoms with van der Waals surface area (Å²) < 4.78 is 0. The summed E-state index contributed by atoms with van der Waals surface area (Å²) in [5.41, 5.74) is 0.830. The molecular formula is C10H12ClN3. The number of aryl methyl sites for hydroxylation is 1. The SMILES string of the molecule is CCCCc1nc(Cl)c2cc[nH]c2n1. The molecule has 0 aliphatic carbocycles. The lowest BCUT2D eigenvalue weighted by molar-refractivity contribution is 0.756. The molecule has 14 heavy (non-hydrogen) atoms. The monoisotopic (exact) mass is 209 g/mol. The lowest BCUT2D eigenvalue weighted by Gasteiger charge is -1.99. The average Bonchev–Trinajstić information content (AvgIpc) is 2.63. The molecule has 0 radical (unpaired) electrons. The van der Waals surface area contributed by atoms with Gasteiger partial charge in [-0.3, -0.25) is 0 Å². The Balaban J connectivity index is 2.38. The molecule has 2 heterocycles. The van der Waals surface area contributed by atoms with Gasteiger partial charge in [0.1, 0.15) is 16.6 Å². The summed E-state index contributed by atoms with van der Waals surface area (Å²) in [5, 5.41) is 1.44. The molecule has 1 N–H and O–H groups in total. The highest BCUT2D eigenvalue weighted by molar-refractivity contribution is 6.33. The van der Waals surface area contributed by atoms with Crippen LogP contribution < -0.4 is 0 Å². The van der Waals surface area contributed by atoms with Crippen molar-refractivity contribution in [2.24, 2.45) is 0 Å². The maximum Gasteiger partial charge on any atom is 0.142 e. The maximum absolute atomic E-state index is 6.01. The molecule has 0 aliphatic rings. The Morgan fingerprint density at radius 3 is 3.07 bits per heavy atom. The van der Waals surface area contributed by atoms with Gasteiger partial charge in [-0.1, -0.05) is 24.9 Å².